The quantitative estimate of drug-likeness (QED) is 0.473. The molecule has 1 aromatic carbocycles. The summed E-state index contributed by atoms with van der Waals surface area (Å²) in [5.41, 5.74) is 6.29. The van der Waals surface area contributed by atoms with Crippen LogP contribution in [0, 0.1) is 0 Å². The molecule has 91 valence electrons. The fraction of sp³-hybridized carbons (Fsp3) is 0.429. The minimum absolute atomic E-state index is 0. The van der Waals surface area contributed by atoms with Crippen molar-refractivity contribution in [1.82, 2.24) is 0 Å². The molecule has 3 heteroatoms. The summed E-state index contributed by atoms with van der Waals surface area (Å²) in [6.07, 6.45) is 3.51. The van der Waals surface area contributed by atoms with Gasteiger partial charge in [0.15, 0.2) is 0 Å². The third-order valence-electron chi connectivity index (χ3n) is 2.99. The molecule has 0 aliphatic heterocycles. The molecule has 0 atom stereocenters. The first-order valence-corrected chi connectivity index (χ1v) is 6.67. The van der Waals surface area contributed by atoms with Crippen LogP contribution in [0.5, 0.6) is 0 Å². The molecule has 0 aromatic heterocycles. The van der Waals surface area contributed by atoms with Crippen molar-refractivity contribution >= 4 is 9.35 Å². The Kier molecular flexibility index (Phi) is 6.19. The van der Waals surface area contributed by atoms with Crippen LogP contribution in [-0.2, 0) is 36.6 Å². The molecule has 0 bridgehead atoms. The molecule has 2 rings (SSSR count). The molecule has 0 heterocycles. The molecule has 0 amide bonds. The van der Waals surface area contributed by atoms with E-state index in [0.29, 0.717) is 0 Å². The molecular formula is C14H17Cl2Zr. The van der Waals surface area contributed by atoms with Crippen LogP contribution in [0.1, 0.15) is 44.4 Å². The maximum absolute atomic E-state index is 2.40. The first kappa shape index (κ1) is 17.4. The zero-order valence-corrected chi connectivity index (χ0v) is 14.7. The Morgan fingerprint density at radius 3 is 2.24 bits per heavy atom. The van der Waals surface area contributed by atoms with Gasteiger partial charge in [-0.15, -0.1) is 0 Å². The van der Waals surface area contributed by atoms with E-state index in [1.807, 2.05) is 0 Å². The SMILES string of the molecule is CC1=Cc2[c]([Zr+2])cc(C(C)(C)C)cc2C1.[Cl-].[Cl-]. The second-order valence-corrected chi connectivity index (χ2v) is 6.84. The number of benzene rings is 1. The summed E-state index contributed by atoms with van der Waals surface area (Å²) in [6, 6.07) is 4.78. The van der Waals surface area contributed by atoms with Gasteiger partial charge >= 0.3 is 108 Å². The normalized spacial score (nSPS) is 13.4. The van der Waals surface area contributed by atoms with Crippen molar-refractivity contribution in [3.63, 3.8) is 0 Å². The third kappa shape index (κ3) is 3.69. The topological polar surface area (TPSA) is 0 Å². The summed E-state index contributed by atoms with van der Waals surface area (Å²) < 4.78 is 1.52. The number of allylic oxidation sites excluding steroid dienone is 1. The maximum atomic E-state index is 2.40. The van der Waals surface area contributed by atoms with Crippen LogP contribution in [0.25, 0.3) is 6.08 Å². The standard InChI is InChI=1S/C14H17.2ClH.Zr/c1-10-7-11-5-6-13(14(2,3)4)9-12(11)8-10;;;/h6-7,9H,8H2,1-4H3;2*1H;/q;;;+2/p-2. The van der Waals surface area contributed by atoms with Gasteiger partial charge in [-0.3, -0.25) is 0 Å². The van der Waals surface area contributed by atoms with Gasteiger partial charge in [0.1, 0.15) is 0 Å². The zero-order valence-electron chi connectivity index (χ0n) is 10.7. The van der Waals surface area contributed by atoms with Crippen molar-refractivity contribution in [2.24, 2.45) is 0 Å². The van der Waals surface area contributed by atoms with Gasteiger partial charge in [0.05, 0.1) is 0 Å². The number of rotatable bonds is 0. The van der Waals surface area contributed by atoms with E-state index in [0.717, 1.165) is 6.42 Å². The molecule has 0 N–H and O–H groups in total. The van der Waals surface area contributed by atoms with Crippen LogP contribution in [0.3, 0.4) is 0 Å². The average molecular weight is 347 g/mol. The van der Waals surface area contributed by atoms with E-state index >= 15 is 0 Å². The third-order valence-corrected chi connectivity index (χ3v) is 4.01. The van der Waals surface area contributed by atoms with Gasteiger partial charge in [0.2, 0.25) is 0 Å². The van der Waals surface area contributed by atoms with E-state index in [1.54, 1.807) is 0 Å². The van der Waals surface area contributed by atoms with Crippen molar-refractivity contribution < 1.29 is 49.5 Å². The van der Waals surface area contributed by atoms with Gasteiger partial charge in [0.25, 0.3) is 0 Å². The molecule has 0 saturated carbocycles. The monoisotopic (exact) mass is 345 g/mol. The Balaban J connectivity index is 0.00000128. The van der Waals surface area contributed by atoms with E-state index < -0.39 is 0 Å². The van der Waals surface area contributed by atoms with Gasteiger partial charge in [-0.1, -0.05) is 0 Å². The van der Waals surface area contributed by atoms with E-state index in [2.05, 4.69) is 45.9 Å². The van der Waals surface area contributed by atoms with Crippen LogP contribution in [-0.4, -0.2) is 0 Å². The summed E-state index contributed by atoms with van der Waals surface area (Å²) in [5.74, 6) is 0. The molecule has 1 aliphatic carbocycles. The van der Waals surface area contributed by atoms with E-state index in [-0.39, 0.29) is 30.2 Å². The van der Waals surface area contributed by atoms with Gasteiger partial charge in [-0.25, -0.2) is 0 Å². The minimum atomic E-state index is 0. The van der Waals surface area contributed by atoms with Crippen LogP contribution >= 0.6 is 0 Å². The smallest absolute Gasteiger partial charge is 1.00 e. The number of halogens is 2. The van der Waals surface area contributed by atoms with Gasteiger partial charge < -0.3 is 24.8 Å². The van der Waals surface area contributed by atoms with E-state index in [9.17, 15) is 0 Å². The molecule has 17 heavy (non-hydrogen) atoms. The van der Waals surface area contributed by atoms with Crippen LogP contribution in [0.4, 0.5) is 0 Å². The molecule has 0 spiro atoms. The first-order chi connectivity index (χ1) is 6.88. The van der Waals surface area contributed by atoms with Crippen molar-refractivity contribution in [1.29, 1.82) is 0 Å². The van der Waals surface area contributed by atoms with Crippen LogP contribution in [0.2, 0.25) is 0 Å². The van der Waals surface area contributed by atoms with Crippen molar-refractivity contribution in [3.05, 3.63) is 34.4 Å². The summed E-state index contributed by atoms with van der Waals surface area (Å²) in [7, 11) is 0. The first-order valence-electron chi connectivity index (χ1n) is 5.44. The fourth-order valence-electron chi connectivity index (χ4n) is 2.06. The summed E-state index contributed by atoms with van der Waals surface area (Å²) in [6.45, 7) is 9.10. The molecule has 1 aliphatic rings. The Labute approximate surface area is 132 Å². The largest absolute Gasteiger partial charge is 1.00 e. The van der Waals surface area contributed by atoms with Crippen molar-refractivity contribution in [2.75, 3.05) is 0 Å². The molecule has 0 unspecified atom stereocenters. The van der Waals surface area contributed by atoms with E-state index in [4.69, 9.17) is 0 Å². The Morgan fingerprint density at radius 1 is 1.12 bits per heavy atom. The van der Waals surface area contributed by atoms with Gasteiger partial charge in [-0.2, -0.15) is 0 Å². The fourth-order valence-corrected chi connectivity index (χ4v) is 3.02. The summed E-state index contributed by atoms with van der Waals surface area (Å²) >= 11 is 1.53. The number of hydrogen-bond donors (Lipinski definition) is 0. The van der Waals surface area contributed by atoms with Crippen LogP contribution < -0.4 is 28.1 Å². The molecular weight excluding hydrogens is 330 g/mol. The molecule has 1 aromatic rings. The molecule has 0 nitrogen and oxygen atoms in total. The minimum Gasteiger partial charge on any atom is -1.00 e. The molecule has 0 radical (unpaired) electrons. The van der Waals surface area contributed by atoms with E-state index in [1.165, 1.54) is 50.3 Å². The summed E-state index contributed by atoms with van der Waals surface area (Å²) in [4.78, 5) is 0. The van der Waals surface area contributed by atoms with Gasteiger partial charge in [0, 0.05) is 0 Å². The van der Waals surface area contributed by atoms with Crippen molar-refractivity contribution in [2.45, 2.75) is 39.5 Å². The second-order valence-electron chi connectivity index (χ2n) is 5.51. The Hall–Kier alpha value is 0.423. The van der Waals surface area contributed by atoms with Gasteiger partial charge in [-0.05, 0) is 0 Å². The predicted molar refractivity (Wildman–Crippen MR) is 62.1 cm³/mol. The maximum Gasteiger partial charge on any atom is -1.00 e. The second kappa shape index (κ2) is 6.04. The van der Waals surface area contributed by atoms with Crippen LogP contribution in [0.15, 0.2) is 17.7 Å². The average Bonchev–Trinajstić information content (AvgIpc) is 2.44. The molecule has 0 saturated heterocycles. The Morgan fingerprint density at radius 2 is 1.71 bits per heavy atom. The van der Waals surface area contributed by atoms with Crippen molar-refractivity contribution in [3.8, 4) is 0 Å². The summed E-state index contributed by atoms with van der Waals surface area (Å²) in [5, 5.41) is 0. The number of fused-ring (bicyclic) bond motifs is 1. The molecule has 0 fully saturated rings. The Bertz CT molecular complexity index is 442. The number of hydrogen-bond acceptors (Lipinski definition) is 0. The zero-order chi connectivity index (χ0) is 11.2. The predicted octanol–water partition coefficient (Wildman–Crippen LogP) is -2.88.